The summed E-state index contributed by atoms with van der Waals surface area (Å²) in [6.45, 7) is 8.37. The third-order valence-corrected chi connectivity index (χ3v) is 4.49. The summed E-state index contributed by atoms with van der Waals surface area (Å²) >= 11 is 0. The number of rotatable bonds is 8. The predicted molar refractivity (Wildman–Crippen MR) is 104 cm³/mol. The standard InChI is InChI=1S/C21H28N2O4/c1-6-17(12-24)23-11-16-7-8-22-20(18(16)21(25)26-5)27-19-14(3)9-13(2)10-15(19)4/h7-10,17,23-24H,6,11-12H2,1-5H3. The van der Waals surface area contributed by atoms with Gasteiger partial charge in [-0.25, -0.2) is 9.78 Å². The van der Waals surface area contributed by atoms with Gasteiger partial charge in [-0.2, -0.15) is 0 Å². The molecule has 0 saturated heterocycles. The van der Waals surface area contributed by atoms with Crippen LogP contribution in [0.15, 0.2) is 24.4 Å². The molecule has 146 valence electrons. The third-order valence-electron chi connectivity index (χ3n) is 4.49. The van der Waals surface area contributed by atoms with Gasteiger partial charge < -0.3 is 19.9 Å². The quantitative estimate of drug-likeness (QED) is 0.691. The van der Waals surface area contributed by atoms with Gasteiger partial charge in [-0.3, -0.25) is 0 Å². The zero-order valence-electron chi connectivity index (χ0n) is 16.6. The Bertz CT molecular complexity index is 778. The zero-order chi connectivity index (χ0) is 20.0. The van der Waals surface area contributed by atoms with E-state index in [0.29, 0.717) is 23.4 Å². The first kappa shape index (κ1) is 20.9. The van der Waals surface area contributed by atoms with Gasteiger partial charge in [-0.15, -0.1) is 0 Å². The Hall–Kier alpha value is -2.44. The molecule has 0 fully saturated rings. The second-order valence-electron chi connectivity index (χ2n) is 6.64. The van der Waals surface area contributed by atoms with Crippen molar-refractivity contribution in [1.82, 2.24) is 10.3 Å². The number of hydrogen-bond acceptors (Lipinski definition) is 6. The maximum atomic E-state index is 12.4. The van der Waals surface area contributed by atoms with E-state index in [1.807, 2.05) is 39.8 Å². The number of methoxy groups -OCH3 is 1. The van der Waals surface area contributed by atoms with E-state index in [4.69, 9.17) is 9.47 Å². The molecule has 0 aliphatic rings. The van der Waals surface area contributed by atoms with Crippen molar-refractivity contribution in [3.63, 3.8) is 0 Å². The highest BCUT2D eigenvalue weighted by Crippen LogP contribution is 2.32. The van der Waals surface area contributed by atoms with E-state index in [-0.39, 0.29) is 18.5 Å². The van der Waals surface area contributed by atoms with E-state index < -0.39 is 5.97 Å². The van der Waals surface area contributed by atoms with Crippen LogP contribution in [0.5, 0.6) is 11.6 Å². The number of nitrogens with zero attached hydrogens (tertiary/aromatic N) is 1. The molecule has 1 unspecified atom stereocenters. The molecule has 1 atom stereocenters. The highest BCUT2D eigenvalue weighted by molar-refractivity contribution is 5.93. The number of pyridine rings is 1. The zero-order valence-corrected chi connectivity index (χ0v) is 16.6. The highest BCUT2D eigenvalue weighted by atomic mass is 16.5. The van der Waals surface area contributed by atoms with Crippen molar-refractivity contribution in [2.75, 3.05) is 13.7 Å². The Morgan fingerprint density at radius 1 is 1.26 bits per heavy atom. The van der Waals surface area contributed by atoms with Crippen LogP contribution in [0.25, 0.3) is 0 Å². The van der Waals surface area contributed by atoms with E-state index in [2.05, 4.69) is 10.3 Å². The van der Waals surface area contributed by atoms with Crippen molar-refractivity contribution in [1.29, 1.82) is 0 Å². The lowest BCUT2D eigenvalue weighted by Gasteiger charge is -2.18. The number of carbonyl (C=O) groups excluding carboxylic acids is 1. The SMILES string of the molecule is CCC(CO)NCc1ccnc(Oc2c(C)cc(C)cc2C)c1C(=O)OC. The fourth-order valence-corrected chi connectivity index (χ4v) is 3.04. The monoisotopic (exact) mass is 372 g/mol. The Balaban J connectivity index is 2.42. The van der Waals surface area contributed by atoms with Crippen LogP contribution in [0, 0.1) is 20.8 Å². The molecular formula is C21H28N2O4. The van der Waals surface area contributed by atoms with Crippen molar-refractivity contribution in [2.24, 2.45) is 0 Å². The fourth-order valence-electron chi connectivity index (χ4n) is 3.04. The second kappa shape index (κ2) is 9.48. The minimum absolute atomic E-state index is 0.0280. The molecule has 0 aliphatic heterocycles. The first-order valence-electron chi connectivity index (χ1n) is 9.07. The molecule has 0 bridgehead atoms. The Labute approximate surface area is 160 Å². The van der Waals surface area contributed by atoms with Gasteiger partial charge >= 0.3 is 5.97 Å². The predicted octanol–water partition coefficient (Wildman–Crippen LogP) is 3.45. The molecule has 0 spiro atoms. The molecule has 6 nitrogen and oxygen atoms in total. The smallest absolute Gasteiger partial charge is 0.343 e. The molecule has 6 heteroatoms. The maximum Gasteiger partial charge on any atom is 0.343 e. The summed E-state index contributed by atoms with van der Waals surface area (Å²) in [6.07, 6.45) is 2.39. The number of ether oxygens (including phenoxy) is 2. The number of aryl methyl sites for hydroxylation is 3. The molecule has 2 aromatic rings. The second-order valence-corrected chi connectivity index (χ2v) is 6.64. The average Bonchev–Trinajstić information content (AvgIpc) is 2.64. The number of nitrogens with one attached hydrogen (secondary N) is 1. The van der Waals surface area contributed by atoms with Gasteiger partial charge in [0, 0.05) is 18.8 Å². The van der Waals surface area contributed by atoms with Crippen molar-refractivity contribution < 1.29 is 19.4 Å². The number of aromatic nitrogens is 1. The summed E-state index contributed by atoms with van der Waals surface area (Å²) in [5.74, 6) is 0.396. The van der Waals surface area contributed by atoms with Crippen molar-refractivity contribution in [2.45, 2.75) is 46.7 Å². The summed E-state index contributed by atoms with van der Waals surface area (Å²) in [7, 11) is 1.33. The van der Waals surface area contributed by atoms with Gasteiger partial charge in [-0.1, -0.05) is 24.6 Å². The third kappa shape index (κ3) is 5.05. The Morgan fingerprint density at radius 2 is 1.93 bits per heavy atom. The van der Waals surface area contributed by atoms with E-state index in [9.17, 15) is 9.90 Å². The molecule has 0 saturated carbocycles. The molecule has 1 heterocycles. The lowest BCUT2D eigenvalue weighted by atomic mass is 10.1. The lowest BCUT2D eigenvalue weighted by molar-refractivity contribution is 0.0595. The normalized spacial score (nSPS) is 11.9. The van der Waals surface area contributed by atoms with E-state index in [0.717, 1.165) is 23.1 Å². The van der Waals surface area contributed by atoms with Crippen LogP contribution in [-0.2, 0) is 11.3 Å². The van der Waals surface area contributed by atoms with E-state index in [1.165, 1.54) is 7.11 Å². The summed E-state index contributed by atoms with van der Waals surface area (Å²) in [5, 5.41) is 12.6. The van der Waals surface area contributed by atoms with Gasteiger partial charge in [-0.05, 0) is 49.9 Å². The number of benzene rings is 1. The van der Waals surface area contributed by atoms with E-state index in [1.54, 1.807) is 12.3 Å². The minimum atomic E-state index is -0.505. The average molecular weight is 372 g/mol. The summed E-state index contributed by atoms with van der Waals surface area (Å²) in [4.78, 5) is 16.7. The van der Waals surface area contributed by atoms with Crippen LogP contribution in [0.2, 0.25) is 0 Å². The molecule has 1 aromatic carbocycles. The summed E-state index contributed by atoms with van der Waals surface area (Å²) in [5.41, 5.74) is 4.09. The largest absolute Gasteiger partial charge is 0.465 e. The number of carbonyl (C=O) groups is 1. The Kier molecular flexibility index (Phi) is 7.33. The van der Waals surface area contributed by atoms with Crippen molar-refractivity contribution >= 4 is 5.97 Å². The van der Waals surface area contributed by atoms with Gasteiger partial charge in [0.1, 0.15) is 11.3 Å². The van der Waals surface area contributed by atoms with Crippen LogP contribution >= 0.6 is 0 Å². The first-order valence-corrected chi connectivity index (χ1v) is 9.07. The van der Waals surface area contributed by atoms with Crippen molar-refractivity contribution in [3.05, 3.63) is 52.2 Å². The summed E-state index contributed by atoms with van der Waals surface area (Å²) in [6, 6.07) is 5.76. The van der Waals surface area contributed by atoms with Gasteiger partial charge in [0.2, 0.25) is 5.88 Å². The Morgan fingerprint density at radius 3 is 2.48 bits per heavy atom. The molecule has 0 amide bonds. The highest BCUT2D eigenvalue weighted by Gasteiger charge is 2.22. The van der Waals surface area contributed by atoms with Crippen LogP contribution in [0.1, 0.15) is 46.0 Å². The topological polar surface area (TPSA) is 80.7 Å². The number of aliphatic hydroxyl groups excluding tert-OH is 1. The minimum Gasteiger partial charge on any atom is -0.465 e. The summed E-state index contributed by atoms with van der Waals surface area (Å²) < 4.78 is 11.0. The molecule has 2 N–H and O–H groups in total. The van der Waals surface area contributed by atoms with Gasteiger partial charge in [0.25, 0.3) is 0 Å². The molecular weight excluding hydrogens is 344 g/mol. The maximum absolute atomic E-state index is 12.4. The number of aliphatic hydroxyl groups is 1. The molecule has 1 aromatic heterocycles. The number of esters is 1. The van der Waals surface area contributed by atoms with Crippen LogP contribution < -0.4 is 10.1 Å². The van der Waals surface area contributed by atoms with Crippen LogP contribution in [-0.4, -0.2) is 35.8 Å². The first-order chi connectivity index (χ1) is 12.9. The van der Waals surface area contributed by atoms with Gasteiger partial charge in [0.05, 0.1) is 13.7 Å². The van der Waals surface area contributed by atoms with Gasteiger partial charge in [0.15, 0.2) is 0 Å². The van der Waals surface area contributed by atoms with E-state index >= 15 is 0 Å². The van der Waals surface area contributed by atoms with Crippen LogP contribution in [0.3, 0.4) is 0 Å². The number of hydrogen-bond donors (Lipinski definition) is 2. The molecule has 27 heavy (non-hydrogen) atoms. The molecule has 2 rings (SSSR count). The van der Waals surface area contributed by atoms with Crippen LogP contribution in [0.4, 0.5) is 0 Å². The lowest BCUT2D eigenvalue weighted by Crippen LogP contribution is -2.31. The fraction of sp³-hybridized carbons (Fsp3) is 0.429. The molecule has 0 radical (unpaired) electrons. The van der Waals surface area contributed by atoms with Crippen molar-refractivity contribution in [3.8, 4) is 11.6 Å². The molecule has 0 aliphatic carbocycles.